The predicted octanol–water partition coefficient (Wildman–Crippen LogP) is 3.03. The average Bonchev–Trinajstić information content (AvgIpc) is 2.40. The summed E-state index contributed by atoms with van der Waals surface area (Å²) in [6.45, 7) is 6.72. The average molecular weight is 204 g/mol. The van der Waals surface area contributed by atoms with Crippen LogP contribution in [0.4, 0.5) is 0 Å². The van der Waals surface area contributed by atoms with Crippen molar-refractivity contribution in [3.8, 4) is 0 Å². The van der Waals surface area contributed by atoms with Crippen molar-refractivity contribution in [1.82, 2.24) is 5.32 Å². The smallest absolute Gasteiger partial charge is 0.0383 e. The molecule has 0 amide bonds. The third kappa shape index (κ3) is 2.14. The van der Waals surface area contributed by atoms with Crippen LogP contribution in [0.5, 0.6) is 0 Å². The summed E-state index contributed by atoms with van der Waals surface area (Å²) in [7, 11) is 0. The molecule has 0 saturated heterocycles. The second-order valence-electron chi connectivity index (χ2n) is 4.86. The largest absolute Gasteiger partial charge is 0.382 e. The Balaban J connectivity index is 2.23. The summed E-state index contributed by atoms with van der Waals surface area (Å²) in [5, 5.41) is 3.68. The van der Waals surface area contributed by atoms with Crippen molar-refractivity contribution in [2.75, 3.05) is 0 Å². The number of aliphatic imine (C=N–C) groups is 1. The monoisotopic (exact) mass is 204 g/mol. The lowest BCUT2D eigenvalue weighted by molar-refractivity contribution is 0.387. The van der Waals surface area contributed by atoms with Gasteiger partial charge in [0.25, 0.3) is 0 Å². The summed E-state index contributed by atoms with van der Waals surface area (Å²) in [5.41, 5.74) is 4.17. The Morgan fingerprint density at radius 2 is 2.27 bits per heavy atom. The maximum Gasteiger partial charge on any atom is 0.0383 e. The van der Waals surface area contributed by atoms with Crippen LogP contribution in [-0.4, -0.2) is 12.3 Å². The minimum atomic E-state index is 0.630. The van der Waals surface area contributed by atoms with Gasteiger partial charge in [0, 0.05) is 30.6 Å². The Kier molecular flexibility index (Phi) is 2.94. The van der Waals surface area contributed by atoms with Crippen LogP contribution < -0.4 is 5.32 Å². The van der Waals surface area contributed by atoms with E-state index in [-0.39, 0.29) is 0 Å². The minimum absolute atomic E-state index is 0.630. The first kappa shape index (κ1) is 10.5. The van der Waals surface area contributed by atoms with Crippen molar-refractivity contribution < 1.29 is 0 Å². The van der Waals surface area contributed by atoms with E-state index in [0.29, 0.717) is 12.0 Å². The van der Waals surface area contributed by atoms with Gasteiger partial charge in [-0.2, -0.15) is 0 Å². The maximum absolute atomic E-state index is 4.28. The van der Waals surface area contributed by atoms with E-state index < -0.39 is 0 Å². The SMILES string of the molecule is CC1=CN=CCC2=C1NC(C(C)C)CC2. The highest BCUT2D eigenvalue weighted by Crippen LogP contribution is 2.28. The molecule has 0 spiro atoms. The summed E-state index contributed by atoms with van der Waals surface area (Å²) < 4.78 is 0. The van der Waals surface area contributed by atoms with Crippen molar-refractivity contribution in [2.24, 2.45) is 10.9 Å². The standard InChI is InChI=1S/C13H20N2/c1-9(2)12-5-4-11-6-7-14-8-10(3)13(11)15-12/h7-9,12,15H,4-6H2,1-3H3. The van der Waals surface area contributed by atoms with E-state index >= 15 is 0 Å². The van der Waals surface area contributed by atoms with Gasteiger partial charge in [0.1, 0.15) is 0 Å². The minimum Gasteiger partial charge on any atom is -0.382 e. The summed E-state index contributed by atoms with van der Waals surface area (Å²) in [6.07, 6.45) is 7.49. The summed E-state index contributed by atoms with van der Waals surface area (Å²) in [4.78, 5) is 4.28. The van der Waals surface area contributed by atoms with Gasteiger partial charge < -0.3 is 5.32 Å². The highest BCUT2D eigenvalue weighted by Gasteiger charge is 2.23. The van der Waals surface area contributed by atoms with Gasteiger partial charge in [-0.05, 0) is 36.8 Å². The Bertz CT molecular complexity index is 334. The first-order valence-corrected chi connectivity index (χ1v) is 5.86. The number of rotatable bonds is 1. The van der Waals surface area contributed by atoms with Gasteiger partial charge in [0.15, 0.2) is 0 Å². The molecule has 0 radical (unpaired) electrons. The third-order valence-electron chi connectivity index (χ3n) is 3.35. The fourth-order valence-corrected chi connectivity index (χ4v) is 2.30. The lowest BCUT2D eigenvalue weighted by Crippen LogP contribution is -2.37. The Labute approximate surface area is 92.2 Å². The number of nitrogens with one attached hydrogen (secondary N) is 1. The number of allylic oxidation sites excluding steroid dienone is 2. The van der Waals surface area contributed by atoms with E-state index in [1.54, 1.807) is 0 Å². The lowest BCUT2D eigenvalue weighted by Gasteiger charge is -2.31. The molecule has 2 aliphatic heterocycles. The fourth-order valence-electron chi connectivity index (χ4n) is 2.30. The van der Waals surface area contributed by atoms with Crippen LogP contribution in [0.2, 0.25) is 0 Å². The molecule has 82 valence electrons. The van der Waals surface area contributed by atoms with Gasteiger partial charge in [0.05, 0.1) is 0 Å². The Hall–Kier alpha value is -1.05. The van der Waals surface area contributed by atoms with Crippen LogP contribution in [0.25, 0.3) is 0 Å². The Morgan fingerprint density at radius 3 is 3.00 bits per heavy atom. The maximum atomic E-state index is 4.28. The summed E-state index contributed by atoms with van der Waals surface area (Å²) >= 11 is 0. The molecule has 1 N–H and O–H groups in total. The van der Waals surface area contributed by atoms with Gasteiger partial charge in [0.2, 0.25) is 0 Å². The summed E-state index contributed by atoms with van der Waals surface area (Å²) in [5.74, 6) is 0.705. The molecule has 2 nitrogen and oxygen atoms in total. The molecule has 2 rings (SSSR count). The van der Waals surface area contributed by atoms with E-state index in [4.69, 9.17) is 0 Å². The summed E-state index contributed by atoms with van der Waals surface area (Å²) in [6, 6.07) is 0.630. The van der Waals surface area contributed by atoms with E-state index in [1.165, 1.54) is 29.7 Å². The van der Waals surface area contributed by atoms with Crippen LogP contribution in [0.3, 0.4) is 0 Å². The van der Waals surface area contributed by atoms with Crippen LogP contribution in [0.15, 0.2) is 28.0 Å². The highest BCUT2D eigenvalue weighted by molar-refractivity contribution is 5.65. The highest BCUT2D eigenvalue weighted by atomic mass is 15.0. The van der Waals surface area contributed by atoms with Crippen molar-refractivity contribution in [3.05, 3.63) is 23.0 Å². The van der Waals surface area contributed by atoms with Gasteiger partial charge >= 0.3 is 0 Å². The molecule has 0 aromatic heterocycles. The molecule has 2 aliphatic rings. The van der Waals surface area contributed by atoms with E-state index in [0.717, 1.165) is 6.42 Å². The topological polar surface area (TPSA) is 24.4 Å². The zero-order chi connectivity index (χ0) is 10.8. The number of hydrogen-bond acceptors (Lipinski definition) is 2. The van der Waals surface area contributed by atoms with Gasteiger partial charge in [-0.25, -0.2) is 0 Å². The van der Waals surface area contributed by atoms with Gasteiger partial charge in [-0.15, -0.1) is 0 Å². The van der Waals surface area contributed by atoms with Crippen molar-refractivity contribution in [3.63, 3.8) is 0 Å². The van der Waals surface area contributed by atoms with Crippen LogP contribution in [0, 0.1) is 5.92 Å². The third-order valence-corrected chi connectivity index (χ3v) is 3.35. The van der Waals surface area contributed by atoms with Gasteiger partial charge in [-0.3, -0.25) is 4.99 Å². The molecule has 0 bridgehead atoms. The van der Waals surface area contributed by atoms with E-state index in [9.17, 15) is 0 Å². The number of hydrogen-bond donors (Lipinski definition) is 1. The molecule has 1 atom stereocenters. The van der Waals surface area contributed by atoms with Crippen molar-refractivity contribution >= 4 is 6.21 Å². The molecular formula is C13H20N2. The molecule has 2 heterocycles. The quantitative estimate of drug-likeness (QED) is 0.697. The Morgan fingerprint density at radius 1 is 1.47 bits per heavy atom. The van der Waals surface area contributed by atoms with Crippen LogP contribution in [-0.2, 0) is 0 Å². The van der Waals surface area contributed by atoms with E-state index in [2.05, 4.69) is 31.1 Å². The van der Waals surface area contributed by atoms with Crippen molar-refractivity contribution in [1.29, 1.82) is 0 Å². The zero-order valence-electron chi connectivity index (χ0n) is 9.88. The molecular weight excluding hydrogens is 184 g/mol. The molecule has 15 heavy (non-hydrogen) atoms. The molecule has 0 aromatic rings. The molecule has 0 fully saturated rings. The second-order valence-corrected chi connectivity index (χ2v) is 4.86. The lowest BCUT2D eigenvalue weighted by atomic mass is 9.89. The zero-order valence-corrected chi connectivity index (χ0v) is 9.88. The number of nitrogens with zero attached hydrogens (tertiary/aromatic N) is 1. The predicted molar refractivity (Wildman–Crippen MR) is 64.9 cm³/mol. The normalized spacial score (nSPS) is 25.9. The van der Waals surface area contributed by atoms with Crippen molar-refractivity contribution in [2.45, 2.75) is 46.1 Å². The molecule has 1 unspecified atom stereocenters. The first-order chi connectivity index (χ1) is 7.18. The van der Waals surface area contributed by atoms with Crippen LogP contribution in [0.1, 0.15) is 40.0 Å². The van der Waals surface area contributed by atoms with Crippen LogP contribution >= 0.6 is 0 Å². The molecule has 0 aromatic carbocycles. The second kappa shape index (κ2) is 4.21. The fraction of sp³-hybridized carbons (Fsp3) is 0.615. The molecule has 0 saturated carbocycles. The van der Waals surface area contributed by atoms with Gasteiger partial charge in [-0.1, -0.05) is 13.8 Å². The van der Waals surface area contributed by atoms with E-state index in [1.807, 2.05) is 12.4 Å². The molecule has 0 aliphatic carbocycles. The molecule has 2 heteroatoms. The first-order valence-electron chi connectivity index (χ1n) is 5.86.